The molecular formula is C17H24N2OS. The van der Waals surface area contributed by atoms with Gasteiger partial charge in [-0.15, -0.1) is 11.3 Å². The number of hydrogen-bond donors (Lipinski definition) is 1. The smallest absolute Gasteiger partial charge is 0.119 e. The summed E-state index contributed by atoms with van der Waals surface area (Å²) in [5.74, 6) is 0.915. The Balaban J connectivity index is 1.97. The van der Waals surface area contributed by atoms with E-state index in [2.05, 4.69) is 41.6 Å². The summed E-state index contributed by atoms with van der Waals surface area (Å²) in [5.41, 5.74) is 7.23. The molecule has 21 heavy (non-hydrogen) atoms. The summed E-state index contributed by atoms with van der Waals surface area (Å²) in [6.45, 7) is 4.32. The van der Waals surface area contributed by atoms with E-state index in [1.54, 1.807) is 0 Å². The van der Waals surface area contributed by atoms with Crippen LogP contribution in [0.25, 0.3) is 0 Å². The lowest BCUT2D eigenvalue weighted by Gasteiger charge is -2.27. The van der Waals surface area contributed by atoms with Crippen LogP contribution in [-0.4, -0.2) is 31.6 Å². The van der Waals surface area contributed by atoms with Gasteiger partial charge >= 0.3 is 0 Å². The van der Waals surface area contributed by atoms with Crippen molar-refractivity contribution in [3.8, 4) is 5.75 Å². The molecule has 0 saturated heterocycles. The highest BCUT2D eigenvalue weighted by atomic mass is 32.1. The highest BCUT2D eigenvalue weighted by Gasteiger charge is 2.15. The zero-order chi connectivity index (χ0) is 15.1. The molecule has 0 spiro atoms. The first-order chi connectivity index (χ1) is 10.2. The standard InChI is InChI=1S/C17H24N2OS/c1-3-20-15-8-6-14(7-9-15)17(13-18)19(2)11-10-16-5-4-12-21-16/h4-9,12,17H,3,10-11,13,18H2,1-2H3. The van der Waals surface area contributed by atoms with Gasteiger partial charge in [-0.3, -0.25) is 4.90 Å². The van der Waals surface area contributed by atoms with Crippen molar-refractivity contribution in [2.45, 2.75) is 19.4 Å². The average Bonchev–Trinajstić information content (AvgIpc) is 3.01. The molecule has 0 aliphatic carbocycles. The molecular weight excluding hydrogens is 280 g/mol. The number of ether oxygens (including phenoxy) is 1. The van der Waals surface area contributed by atoms with E-state index in [9.17, 15) is 0 Å². The van der Waals surface area contributed by atoms with Crippen LogP contribution in [0.15, 0.2) is 41.8 Å². The van der Waals surface area contributed by atoms with Crippen molar-refractivity contribution < 1.29 is 4.74 Å². The second kappa shape index (κ2) is 8.17. The number of nitrogens with two attached hydrogens (primary N) is 1. The molecule has 114 valence electrons. The van der Waals surface area contributed by atoms with Crippen molar-refractivity contribution in [1.29, 1.82) is 0 Å². The molecule has 2 N–H and O–H groups in total. The number of thiophene rings is 1. The molecule has 4 heteroatoms. The zero-order valence-electron chi connectivity index (χ0n) is 12.8. The van der Waals surface area contributed by atoms with Crippen molar-refractivity contribution in [1.82, 2.24) is 4.90 Å². The van der Waals surface area contributed by atoms with Crippen molar-refractivity contribution in [2.24, 2.45) is 5.73 Å². The van der Waals surface area contributed by atoms with Gasteiger partial charge in [-0.1, -0.05) is 18.2 Å². The number of nitrogens with zero attached hydrogens (tertiary/aromatic N) is 1. The van der Waals surface area contributed by atoms with Gasteiger partial charge in [0.25, 0.3) is 0 Å². The molecule has 2 aromatic rings. The Labute approximate surface area is 131 Å². The maximum absolute atomic E-state index is 5.98. The van der Waals surface area contributed by atoms with Crippen LogP contribution in [0.2, 0.25) is 0 Å². The maximum atomic E-state index is 5.98. The maximum Gasteiger partial charge on any atom is 0.119 e. The third-order valence-corrected chi connectivity index (χ3v) is 4.56. The summed E-state index contributed by atoms with van der Waals surface area (Å²) < 4.78 is 5.49. The SMILES string of the molecule is CCOc1ccc(C(CN)N(C)CCc2cccs2)cc1. The van der Waals surface area contributed by atoms with E-state index >= 15 is 0 Å². The molecule has 1 atom stereocenters. The molecule has 1 aromatic heterocycles. The predicted octanol–water partition coefficient (Wildman–Crippen LogP) is 3.32. The van der Waals surface area contributed by atoms with E-state index in [0.29, 0.717) is 13.2 Å². The summed E-state index contributed by atoms with van der Waals surface area (Å²) >= 11 is 1.81. The van der Waals surface area contributed by atoms with Gasteiger partial charge < -0.3 is 10.5 Å². The average molecular weight is 304 g/mol. The normalized spacial score (nSPS) is 12.6. The van der Waals surface area contributed by atoms with Crippen LogP contribution in [0, 0.1) is 0 Å². The van der Waals surface area contributed by atoms with Crippen molar-refractivity contribution in [2.75, 3.05) is 26.7 Å². The Hall–Kier alpha value is -1.36. The summed E-state index contributed by atoms with van der Waals surface area (Å²) in [7, 11) is 2.14. The first-order valence-electron chi connectivity index (χ1n) is 7.40. The quantitative estimate of drug-likeness (QED) is 0.813. The number of hydrogen-bond acceptors (Lipinski definition) is 4. The lowest BCUT2D eigenvalue weighted by atomic mass is 10.1. The fourth-order valence-corrected chi connectivity index (χ4v) is 3.12. The number of likely N-dealkylation sites (N-methyl/N-ethyl adjacent to an activating group) is 1. The molecule has 1 heterocycles. The minimum atomic E-state index is 0.251. The van der Waals surface area contributed by atoms with E-state index in [0.717, 1.165) is 18.7 Å². The molecule has 0 radical (unpaired) electrons. The largest absolute Gasteiger partial charge is 0.494 e. The summed E-state index contributed by atoms with van der Waals surface area (Å²) in [4.78, 5) is 3.75. The van der Waals surface area contributed by atoms with Gasteiger partial charge in [-0.25, -0.2) is 0 Å². The van der Waals surface area contributed by atoms with Crippen molar-refractivity contribution in [3.05, 3.63) is 52.2 Å². The lowest BCUT2D eigenvalue weighted by molar-refractivity contribution is 0.253. The minimum absolute atomic E-state index is 0.251. The van der Waals surface area contributed by atoms with Crippen LogP contribution in [0.4, 0.5) is 0 Å². The van der Waals surface area contributed by atoms with Gasteiger partial charge in [-0.2, -0.15) is 0 Å². The van der Waals surface area contributed by atoms with Crippen molar-refractivity contribution >= 4 is 11.3 Å². The van der Waals surface area contributed by atoms with Gasteiger partial charge in [0.05, 0.1) is 6.61 Å². The summed E-state index contributed by atoms with van der Waals surface area (Å²) in [6, 6.07) is 12.8. The second-order valence-corrected chi connectivity index (χ2v) is 6.10. The highest BCUT2D eigenvalue weighted by Crippen LogP contribution is 2.22. The Morgan fingerprint density at radius 1 is 1.24 bits per heavy atom. The van der Waals surface area contributed by atoms with Gasteiger partial charge in [0.2, 0.25) is 0 Å². The van der Waals surface area contributed by atoms with Crippen LogP contribution in [0.1, 0.15) is 23.4 Å². The molecule has 0 aliphatic rings. The van der Waals surface area contributed by atoms with Crippen LogP contribution < -0.4 is 10.5 Å². The lowest BCUT2D eigenvalue weighted by Crippen LogP contribution is -2.32. The van der Waals surface area contributed by atoms with Gasteiger partial charge in [0.1, 0.15) is 5.75 Å². The monoisotopic (exact) mass is 304 g/mol. The molecule has 1 aromatic carbocycles. The van der Waals surface area contributed by atoms with Crippen molar-refractivity contribution in [3.63, 3.8) is 0 Å². The molecule has 0 bridgehead atoms. The molecule has 1 unspecified atom stereocenters. The Bertz CT molecular complexity index is 510. The Morgan fingerprint density at radius 3 is 2.57 bits per heavy atom. The Kier molecular flexibility index (Phi) is 6.23. The van der Waals surface area contributed by atoms with Gasteiger partial charge in [0.15, 0.2) is 0 Å². The minimum Gasteiger partial charge on any atom is -0.494 e. The third-order valence-electron chi connectivity index (χ3n) is 3.62. The Morgan fingerprint density at radius 2 is 2.00 bits per heavy atom. The number of benzene rings is 1. The van der Waals surface area contributed by atoms with E-state index in [1.165, 1.54) is 10.4 Å². The predicted molar refractivity (Wildman–Crippen MR) is 90.1 cm³/mol. The van der Waals surface area contributed by atoms with Crippen LogP contribution >= 0.6 is 11.3 Å². The molecule has 0 amide bonds. The zero-order valence-corrected chi connectivity index (χ0v) is 13.6. The fraction of sp³-hybridized carbons (Fsp3) is 0.412. The van der Waals surface area contributed by atoms with Crippen LogP contribution in [-0.2, 0) is 6.42 Å². The van der Waals surface area contributed by atoms with E-state index in [4.69, 9.17) is 10.5 Å². The summed E-state index contributed by atoms with van der Waals surface area (Å²) in [6.07, 6.45) is 1.07. The molecule has 0 saturated carbocycles. The van der Waals surface area contributed by atoms with E-state index in [1.807, 2.05) is 30.4 Å². The number of rotatable bonds is 8. The van der Waals surface area contributed by atoms with E-state index < -0.39 is 0 Å². The molecule has 0 fully saturated rings. The first kappa shape index (κ1) is 16.0. The molecule has 0 aliphatic heterocycles. The van der Waals surface area contributed by atoms with Gasteiger partial charge in [-0.05, 0) is 49.5 Å². The highest BCUT2D eigenvalue weighted by molar-refractivity contribution is 7.09. The topological polar surface area (TPSA) is 38.5 Å². The summed E-state index contributed by atoms with van der Waals surface area (Å²) in [5, 5.41) is 2.13. The van der Waals surface area contributed by atoms with Crippen LogP contribution in [0.5, 0.6) is 5.75 Å². The fourth-order valence-electron chi connectivity index (χ4n) is 2.42. The molecule has 3 nitrogen and oxygen atoms in total. The van der Waals surface area contributed by atoms with Crippen LogP contribution in [0.3, 0.4) is 0 Å². The van der Waals surface area contributed by atoms with Gasteiger partial charge in [0, 0.05) is 24.0 Å². The second-order valence-electron chi connectivity index (χ2n) is 5.06. The molecule has 2 rings (SSSR count). The van der Waals surface area contributed by atoms with E-state index in [-0.39, 0.29) is 6.04 Å². The third kappa shape index (κ3) is 4.56. The first-order valence-corrected chi connectivity index (χ1v) is 8.28.